The topological polar surface area (TPSA) is 92.9 Å². The summed E-state index contributed by atoms with van der Waals surface area (Å²) >= 11 is 1.22. The maximum absolute atomic E-state index is 12.3. The Morgan fingerprint density at radius 2 is 1.93 bits per heavy atom. The predicted octanol–water partition coefficient (Wildman–Crippen LogP) is 3.40. The van der Waals surface area contributed by atoms with Gasteiger partial charge in [-0.1, -0.05) is 56.8 Å². The number of thioether (sulfide) groups is 1. The van der Waals surface area contributed by atoms with Gasteiger partial charge in [-0.15, -0.1) is 5.10 Å². The Balaban J connectivity index is 1.67. The van der Waals surface area contributed by atoms with Gasteiger partial charge in [0.1, 0.15) is 5.75 Å². The van der Waals surface area contributed by atoms with E-state index in [9.17, 15) is 9.90 Å². The highest BCUT2D eigenvalue weighted by atomic mass is 32.2. The highest BCUT2D eigenvalue weighted by molar-refractivity contribution is 7.99. The van der Waals surface area contributed by atoms with Gasteiger partial charge in [-0.25, -0.2) is 0 Å². The van der Waals surface area contributed by atoms with Crippen LogP contribution in [0.1, 0.15) is 26.3 Å². The molecule has 1 aromatic heterocycles. The van der Waals surface area contributed by atoms with Crippen molar-refractivity contribution >= 4 is 23.4 Å². The highest BCUT2D eigenvalue weighted by Crippen LogP contribution is 2.31. The van der Waals surface area contributed by atoms with Crippen LogP contribution in [0.25, 0.3) is 5.69 Å². The molecule has 0 aliphatic rings. The van der Waals surface area contributed by atoms with E-state index in [0.29, 0.717) is 10.8 Å². The Morgan fingerprint density at radius 1 is 1.19 bits per heavy atom. The number of rotatable bonds is 5. The van der Waals surface area contributed by atoms with E-state index in [1.165, 1.54) is 11.8 Å². The molecule has 0 bridgehead atoms. The first kappa shape index (κ1) is 18.9. The normalized spacial score (nSPS) is 11.4. The number of para-hydroxylation sites is 1. The summed E-state index contributed by atoms with van der Waals surface area (Å²) in [5, 5.41) is 24.9. The van der Waals surface area contributed by atoms with Gasteiger partial charge >= 0.3 is 0 Å². The predicted molar refractivity (Wildman–Crippen MR) is 105 cm³/mol. The van der Waals surface area contributed by atoms with Gasteiger partial charge in [0, 0.05) is 0 Å². The molecule has 0 unspecified atom stereocenters. The number of aromatic nitrogens is 4. The van der Waals surface area contributed by atoms with E-state index in [1.54, 1.807) is 16.8 Å². The van der Waals surface area contributed by atoms with Crippen molar-refractivity contribution in [2.24, 2.45) is 0 Å². The first-order valence-electron chi connectivity index (χ1n) is 8.44. The van der Waals surface area contributed by atoms with Gasteiger partial charge in [0.05, 0.1) is 17.1 Å². The molecule has 0 saturated heterocycles. The van der Waals surface area contributed by atoms with Crippen LogP contribution in [0.4, 0.5) is 5.69 Å². The molecular weight excluding hydrogens is 362 g/mol. The van der Waals surface area contributed by atoms with Gasteiger partial charge < -0.3 is 10.4 Å². The standard InChI is InChI=1S/C19H21N5O2S/c1-19(2,3)13-9-10-16(25)15(11-13)20-17(26)12-27-18-21-22-23-24(18)14-7-5-4-6-8-14/h4-11,25H,12H2,1-3H3,(H,20,26). The van der Waals surface area contributed by atoms with Crippen LogP contribution in [-0.2, 0) is 10.2 Å². The van der Waals surface area contributed by atoms with Crippen LogP contribution in [0, 0.1) is 0 Å². The zero-order valence-electron chi connectivity index (χ0n) is 15.4. The minimum atomic E-state index is -0.246. The molecular formula is C19H21N5O2S. The van der Waals surface area contributed by atoms with Crippen LogP contribution in [-0.4, -0.2) is 37.0 Å². The van der Waals surface area contributed by atoms with Crippen molar-refractivity contribution in [3.05, 3.63) is 54.1 Å². The monoisotopic (exact) mass is 383 g/mol. The Morgan fingerprint density at radius 3 is 2.63 bits per heavy atom. The molecule has 0 spiro atoms. The lowest BCUT2D eigenvalue weighted by Crippen LogP contribution is -2.16. The van der Waals surface area contributed by atoms with E-state index in [0.717, 1.165) is 11.3 Å². The summed E-state index contributed by atoms with van der Waals surface area (Å²) < 4.78 is 1.58. The molecule has 0 saturated carbocycles. The van der Waals surface area contributed by atoms with E-state index >= 15 is 0 Å². The molecule has 3 aromatic rings. The average molecular weight is 383 g/mol. The Kier molecular flexibility index (Phi) is 5.46. The third-order valence-corrected chi connectivity index (χ3v) is 4.83. The number of tetrazole rings is 1. The summed E-state index contributed by atoms with van der Waals surface area (Å²) in [5.41, 5.74) is 2.16. The maximum Gasteiger partial charge on any atom is 0.234 e. The molecule has 0 fully saturated rings. The van der Waals surface area contributed by atoms with E-state index < -0.39 is 0 Å². The molecule has 0 radical (unpaired) electrons. The summed E-state index contributed by atoms with van der Waals surface area (Å²) in [6, 6.07) is 14.7. The quantitative estimate of drug-likeness (QED) is 0.518. The number of nitrogens with one attached hydrogen (secondary N) is 1. The molecule has 0 atom stereocenters. The van der Waals surface area contributed by atoms with Gasteiger partial charge in [-0.3, -0.25) is 4.79 Å². The molecule has 7 nitrogen and oxygen atoms in total. The molecule has 3 rings (SSSR count). The largest absolute Gasteiger partial charge is 0.506 e. The lowest BCUT2D eigenvalue weighted by molar-refractivity contribution is -0.113. The third-order valence-electron chi connectivity index (χ3n) is 3.91. The fourth-order valence-corrected chi connectivity index (χ4v) is 3.11. The van der Waals surface area contributed by atoms with Crippen LogP contribution in [0.5, 0.6) is 5.75 Å². The molecule has 1 heterocycles. The van der Waals surface area contributed by atoms with Crippen molar-refractivity contribution in [3.8, 4) is 11.4 Å². The van der Waals surface area contributed by atoms with Crippen molar-refractivity contribution in [3.63, 3.8) is 0 Å². The zero-order valence-corrected chi connectivity index (χ0v) is 16.2. The smallest absolute Gasteiger partial charge is 0.234 e. The van der Waals surface area contributed by atoms with Crippen LogP contribution in [0.15, 0.2) is 53.7 Å². The number of anilines is 1. The molecule has 140 valence electrons. The second-order valence-electron chi connectivity index (χ2n) is 7.03. The van der Waals surface area contributed by atoms with Crippen LogP contribution in [0.3, 0.4) is 0 Å². The summed E-state index contributed by atoms with van der Waals surface area (Å²) in [6.07, 6.45) is 0. The Bertz CT molecular complexity index is 935. The minimum absolute atomic E-state index is 0.0375. The molecule has 0 aliphatic carbocycles. The third kappa shape index (κ3) is 4.65. The molecule has 8 heteroatoms. The van der Waals surface area contributed by atoms with E-state index in [-0.39, 0.29) is 22.8 Å². The van der Waals surface area contributed by atoms with Crippen molar-refractivity contribution in [2.45, 2.75) is 31.3 Å². The second-order valence-corrected chi connectivity index (χ2v) is 7.97. The van der Waals surface area contributed by atoms with Gasteiger partial charge in [-0.05, 0) is 45.7 Å². The van der Waals surface area contributed by atoms with Gasteiger partial charge in [0.2, 0.25) is 11.1 Å². The zero-order chi connectivity index (χ0) is 19.4. The maximum atomic E-state index is 12.3. The Hall–Kier alpha value is -2.87. The van der Waals surface area contributed by atoms with Gasteiger partial charge in [0.15, 0.2) is 0 Å². The van der Waals surface area contributed by atoms with Crippen molar-refractivity contribution < 1.29 is 9.90 Å². The van der Waals surface area contributed by atoms with Crippen LogP contribution >= 0.6 is 11.8 Å². The SMILES string of the molecule is CC(C)(C)c1ccc(O)c(NC(=O)CSc2nnnn2-c2ccccc2)c1. The second kappa shape index (κ2) is 7.79. The number of phenolic OH excluding ortho intramolecular Hbond substituents is 1. The summed E-state index contributed by atoms with van der Waals surface area (Å²) in [6.45, 7) is 6.22. The van der Waals surface area contributed by atoms with Gasteiger partial charge in [-0.2, -0.15) is 4.68 Å². The number of hydrogen-bond donors (Lipinski definition) is 2. The lowest BCUT2D eigenvalue weighted by Gasteiger charge is -2.20. The molecule has 2 N–H and O–H groups in total. The van der Waals surface area contributed by atoms with Crippen LogP contribution < -0.4 is 5.32 Å². The summed E-state index contributed by atoms with van der Waals surface area (Å²) in [4.78, 5) is 12.3. The first-order valence-corrected chi connectivity index (χ1v) is 9.43. The van der Waals surface area contributed by atoms with Crippen molar-refractivity contribution in [2.75, 3.05) is 11.1 Å². The van der Waals surface area contributed by atoms with E-state index in [2.05, 4.69) is 41.6 Å². The van der Waals surface area contributed by atoms with Crippen molar-refractivity contribution in [1.29, 1.82) is 0 Å². The van der Waals surface area contributed by atoms with Crippen LogP contribution in [0.2, 0.25) is 0 Å². The number of carbonyl (C=O) groups is 1. The summed E-state index contributed by atoms with van der Waals surface area (Å²) in [7, 11) is 0. The number of hydrogen-bond acceptors (Lipinski definition) is 6. The number of phenols is 1. The Labute approximate surface area is 161 Å². The lowest BCUT2D eigenvalue weighted by atomic mass is 9.87. The van der Waals surface area contributed by atoms with E-state index in [1.807, 2.05) is 36.4 Å². The highest BCUT2D eigenvalue weighted by Gasteiger charge is 2.17. The average Bonchev–Trinajstić information content (AvgIpc) is 3.10. The molecule has 0 aliphatic heterocycles. The molecule has 2 aromatic carbocycles. The van der Waals surface area contributed by atoms with E-state index in [4.69, 9.17) is 0 Å². The molecule has 1 amide bonds. The molecule has 27 heavy (non-hydrogen) atoms. The fraction of sp³-hybridized carbons (Fsp3) is 0.263. The first-order chi connectivity index (χ1) is 12.8. The minimum Gasteiger partial charge on any atom is -0.506 e. The fourth-order valence-electron chi connectivity index (χ4n) is 2.42. The number of aromatic hydroxyl groups is 1. The summed E-state index contributed by atoms with van der Waals surface area (Å²) in [5.74, 6) is -0.0914. The number of amides is 1. The number of benzene rings is 2. The number of nitrogens with zero attached hydrogens (tertiary/aromatic N) is 4. The van der Waals surface area contributed by atoms with Gasteiger partial charge in [0.25, 0.3) is 0 Å². The van der Waals surface area contributed by atoms with Crippen molar-refractivity contribution in [1.82, 2.24) is 20.2 Å². The number of carbonyl (C=O) groups excluding carboxylic acids is 1.